The fourth-order valence-electron chi connectivity index (χ4n) is 3.90. The van der Waals surface area contributed by atoms with Gasteiger partial charge in [0.2, 0.25) is 5.91 Å². The number of aliphatic hydroxyl groups is 2. The molecule has 0 bridgehead atoms. The van der Waals surface area contributed by atoms with Crippen molar-refractivity contribution in [3.8, 4) is 0 Å². The van der Waals surface area contributed by atoms with Gasteiger partial charge in [0.15, 0.2) is 0 Å². The van der Waals surface area contributed by atoms with E-state index in [4.69, 9.17) is 25.4 Å². The van der Waals surface area contributed by atoms with Gasteiger partial charge < -0.3 is 19.7 Å². The van der Waals surface area contributed by atoms with E-state index < -0.39 is 5.91 Å². The zero-order chi connectivity index (χ0) is 24.3. The van der Waals surface area contributed by atoms with Crippen molar-refractivity contribution in [1.82, 2.24) is 0 Å². The fraction of sp³-hybridized carbons (Fsp3) is 0.929. The average Bonchev–Trinajstić information content (AvgIpc) is 2.81. The largest absolute Gasteiger partial charge is 0.396 e. The van der Waals surface area contributed by atoms with Gasteiger partial charge in [0.25, 0.3) is 0 Å². The lowest BCUT2D eigenvalue weighted by Gasteiger charge is -2.30. The molecule has 0 radical (unpaired) electrons. The second-order valence-electron chi connectivity index (χ2n) is 9.41. The number of hydrogen-bond donors (Lipinski definition) is 3. The van der Waals surface area contributed by atoms with Crippen molar-refractivity contribution >= 4 is 0 Å². The number of unbranched alkanes of at least 4 members (excludes halogenated alkanes) is 15. The number of rotatable bonds is 27. The summed E-state index contributed by atoms with van der Waals surface area (Å²) in [5.74, 6) is -1.00. The number of allylic oxidation sites excluding steroid dienone is 2. The van der Waals surface area contributed by atoms with Crippen molar-refractivity contribution in [2.45, 2.75) is 141 Å². The molecule has 0 amide bonds. The molecular weight excluding hydrogens is 414 g/mol. The topological polar surface area (TPSA) is 84.9 Å². The Hall–Kier alpha value is -0.460. The number of hydrogen-bond acceptors (Lipinski definition) is 5. The first-order chi connectivity index (χ1) is 16.2. The SMILES string of the molecule is CCCCCCCC/C=C\CCCCCCCC(N)(OCCCCCO)OCCCCCO. The molecule has 0 rings (SSSR count). The highest BCUT2D eigenvalue weighted by Crippen LogP contribution is 2.19. The minimum atomic E-state index is -1.00. The minimum Gasteiger partial charge on any atom is -0.396 e. The first-order valence-electron chi connectivity index (χ1n) is 14.1. The van der Waals surface area contributed by atoms with Crippen LogP contribution in [-0.4, -0.2) is 42.6 Å². The molecule has 0 unspecified atom stereocenters. The van der Waals surface area contributed by atoms with Crippen molar-refractivity contribution in [2.24, 2.45) is 5.73 Å². The van der Waals surface area contributed by atoms with Crippen LogP contribution in [0.5, 0.6) is 0 Å². The third-order valence-electron chi connectivity index (χ3n) is 6.08. The lowest BCUT2D eigenvalue weighted by molar-refractivity contribution is -0.239. The van der Waals surface area contributed by atoms with Crippen LogP contribution >= 0.6 is 0 Å². The molecule has 0 aromatic rings. The van der Waals surface area contributed by atoms with Gasteiger partial charge in [-0.2, -0.15) is 0 Å². The summed E-state index contributed by atoms with van der Waals surface area (Å²) in [6.07, 6.45) is 27.3. The third-order valence-corrected chi connectivity index (χ3v) is 6.08. The van der Waals surface area contributed by atoms with Crippen LogP contribution < -0.4 is 5.73 Å². The standard InChI is InChI=1S/C28H57NO4/c1-2-3-4-5-6-7-8-9-10-11-12-13-14-15-18-23-28(29,32-26-21-16-19-24-30)33-27-22-17-20-25-31/h9-10,30-31H,2-8,11-27,29H2,1H3/b10-9-. The maximum Gasteiger partial charge on any atom is 0.224 e. The van der Waals surface area contributed by atoms with E-state index in [9.17, 15) is 0 Å². The van der Waals surface area contributed by atoms with Gasteiger partial charge in [-0.25, -0.2) is 0 Å². The normalized spacial score (nSPS) is 12.2. The Bertz CT molecular complexity index is 389. The molecule has 0 saturated carbocycles. The quantitative estimate of drug-likeness (QED) is 0.0682. The lowest BCUT2D eigenvalue weighted by atomic mass is 10.1. The van der Waals surface area contributed by atoms with Gasteiger partial charge in [0.05, 0.1) is 13.2 Å². The van der Waals surface area contributed by atoms with Crippen molar-refractivity contribution in [1.29, 1.82) is 0 Å². The first kappa shape index (κ1) is 32.5. The van der Waals surface area contributed by atoms with Crippen molar-refractivity contribution in [2.75, 3.05) is 26.4 Å². The average molecular weight is 472 g/mol. The third kappa shape index (κ3) is 24.5. The van der Waals surface area contributed by atoms with E-state index in [1.54, 1.807) is 0 Å². The zero-order valence-corrected chi connectivity index (χ0v) is 21.9. The predicted molar refractivity (Wildman–Crippen MR) is 140 cm³/mol. The minimum absolute atomic E-state index is 0.226. The highest BCUT2D eigenvalue weighted by Gasteiger charge is 2.26. The van der Waals surface area contributed by atoms with Gasteiger partial charge in [-0.15, -0.1) is 0 Å². The summed E-state index contributed by atoms with van der Waals surface area (Å²) in [7, 11) is 0. The summed E-state index contributed by atoms with van der Waals surface area (Å²) in [6, 6.07) is 0. The van der Waals surface area contributed by atoms with Crippen molar-refractivity contribution < 1.29 is 19.7 Å². The summed E-state index contributed by atoms with van der Waals surface area (Å²) in [6.45, 7) is 3.86. The molecule has 0 fully saturated rings. The van der Waals surface area contributed by atoms with E-state index in [1.807, 2.05) is 0 Å². The Morgan fingerprint density at radius 3 is 1.48 bits per heavy atom. The molecule has 0 saturated heterocycles. The van der Waals surface area contributed by atoms with E-state index >= 15 is 0 Å². The molecule has 0 spiro atoms. The molecule has 0 atom stereocenters. The molecule has 4 N–H and O–H groups in total. The van der Waals surface area contributed by atoms with Gasteiger partial charge in [-0.3, -0.25) is 5.73 Å². The van der Waals surface area contributed by atoms with Crippen LogP contribution in [0.2, 0.25) is 0 Å². The van der Waals surface area contributed by atoms with Gasteiger partial charge in [-0.05, 0) is 70.6 Å². The maximum atomic E-state index is 8.90. The molecule has 33 heavy (non-hydrogen) atoms. The second kappa shape index (κ2) is 26.2. The van der Waals surface area contributed by atoms with Crippen LogP contribution in [0.25, 0.3) is 0 Å². The van der Waals surface area contributed by atoms with Gasteiger partial charge >= 0.3 is 0 Å². The fourth-order valence-corrected chi connectivity index (χ4v) is 3.90. The molecule has 0 aromatic carbocycles. The van der Waals surface area contributed by atoms with Crippen LogP contribution in [0.1, 0.15) is 135 Å². The summed E-state index contributed by atoms with van der Waals surface area (Å²) >= 11 is 0. The monoisotopic (exact) mass is 471 g/mol. The van der Waals surface area contributed by atoms with Crippen molar-refractivity contribution in [3.63, 3.8) is 0 Å². The summed E-state index contributed by atoms with van der Waals surface area (Å²) < 4.78 is 11.8. The summed E-state index contributed by atoms with van der Waals surface area (Å²) in [5.41, 5.74) is 6.43. The van der Waals surface area contributed by atoms with Gasteiger partial charge in [0.1, 0.15) is 0 Å². The summed E-state index contributed by atoms with van der Waals surface area (Å²) in [5, 5.41) is 17.8. The number of ether oxygens (including phenoxy) is 2. The number of nitrogens with two attached hydrogens (primary N) is 1. The van der Waals surface area contributed by atoms with Gasteiger partial charge in [0, 0.05) is 19.6 Å². The predicted octanol–water partition coefficient (Wildman–Crippen LogP) is 6.99. The Kier molecular flexibility index (Phi) is 25.8. The van der Waals surface area contributed by atoms with Crippen LogP contribution in [-0.2, 0) is 9.47 Å². The Morgan fingerprint density at radius 2 is 1.00 bits per heavy atom. The molecule has 0 aliphatic carbocycles. The van der Waals surface area contributed by atoms with E-state index in [2.05, 4.69) is 19.1 Å². The molecule has 5 heteroatoms. The Morgan fingerprint density at radius 1 is 0.576 bits per heavy atom. The summed E-state index contributed by atoms with van der Waals surface area (Å²) in [4.78, 5) is 0. The van der Waals surface area contributed by atoms with Crippen LogP contribution in [0.3, 0.4) is 0 Å². The Labute approximate surface area is 205 Å². The first-order valence-corrected chi connectivity index (χ1v) is 14.1. The molecule has 0 aromatic heterocycles. The lowest BCUT2D eigenvalue weighted by Crippen LogP contribution is -2.46. The second-order valence-corrected chi connectivity index (χ2v) is 9.41. The molecular formula is C28H57NO4. The van der Waals surface area contributed by atoms with Crippen LogP contribution in [0, 0.1) is 0 Å². The molecule has 0 aliphatic heterocycles. The van der Waals surface area contributed by atoms with E-state index in [0.29, 0.717) is 19.6 Å². The molecule has 0 aliphatic rings. The van der Waals surface area contributed by atoms with Gasteiger partial charge in [-0.1, -0.05) is 70.4 Å². The van der Waals surface area contributed by atoms with E-state index in [-0.39, 0.29) is 13.2 Å². The molecule has 198 valence electrons. The van der Waals surface area contributed by atoms with Crippen molar-refractivity contribution in [3.05, 3.63) is 12.2 Å². The van der Waals surface area contributed by atoms with E-state index in [1.165, 1.54) is 70.6 Å². The zero-order valence-electron chi connectivity index (χ0n) is 21.9. The smallest absolute Gasteiger partial charge is 0.224 e. The van der Waals surface area contributed by atoms with Crippen LogP contribution in [0.15, 0.2) is 12.2 Å². The highest BCUT2D eigenvalue weighted by atomic mass is 16.7. The highest BCUT2D eigenvalue weighted by molar-refractivity contribution is 4.81. The van der Waals surface area contributed by atoms with E-state index in [0.717, 1.165) is 51.4 Å². The maximum absolute atomic E-state index is 8.90. The number of aliphatic hydroxyl groups excluding tert-OH is 2. The molecule has 0 heterocycles. The Balaban J connectivity index is 3.82. The van der Waals surface area contributed by atoms with Crippen LogP contribution in [0.4, 0.5) is 0 Å². The molecule has 5 nitrogen and oxygen atoms in total.